The summed E-state index contributed by atoms with van der Waals surface area (Å²) in [6.45, 7) is 1.78. The number of anilines is 3. The molecule has 0 bridgehead atoms. The predicted octanol–water partition coefficient (Wildman–Crippen LogP) is 3.51. The number of benzene rings is 1. The maximum absolute atomic E-state index is 13.5. The largest absolute Gasteiger partial charge is 0.360 e. The van der Waals surface area contributed by atoms with Crippen LogP contribution in [0.25, 0.3) is 0 Å². The van der Waals surface area contributed by atoms with Crippen LogP contribution in [0.2, 0.25) is 0 Å². The molecule has 3 aromatic rings. The molecule has 0 aliphatic rings. The molecule has 7 heteroatoms. The van der Waals surface area contributed by atoms with Gasteiger partial charge in [-0.1, -0.05) is 17.3 Å². The molecule has 6 nitrogen and oxygen atoms in total. The molecule has 0 saturated carbocycles. The molecule has 0 radical (unpaired) electrons. The van der Waals surface area contributed by atoms with Crippen LogP contribution in [-0.4, -0.2) is 16.0 Å². The van der Waals surface area contributed by atoms with Crippen molar-refractivity contribution in [3.05, 3.63) is 65.8 Å². The van der Waals surface area contributed by atoms with Crippen molar-refractivity contribution in [1.29, 1.82) is 0 Å². The minimum atomic E-state index is -0.572. The smallest absolute Gasteiger partial charge is 0.258 e. The van der Waals surface area contributed by atoms with E-state index in [4.69, 9.17) is 4.52 Å². The summed E-state index contributed by atoms with van der Waals surface area (Å²) < 4.78 is 18.5. The third-order valence-electron chi connectivity index (χ3n) is 3.02. The summed E-state index contributed by atoms with van der Waals surface area (Å²) in [6, 6.07) is 10.8. The number of halogens is 1. The summed E-state index contributed by atoms with van der Waals surface area (Å²) >= 11 is 0. The van der Waals surface area contributed by atoms with Crippen LogP contribution < -0.4 is 10.6 Å². The Morgan fingerprint density at radius 3 is 2.65 bits per heavy atom. The molecule has 0 aliphatic carbocycles. The van der Waals surface area contributed by atoms with E-state index < -0.39 is 11.7 Å². The fourth-order valence-electron chi connectivity index (χ4n) is 1.94. The topological polar surface area (TPSA) is 80.0 Å². The summed E-state index contributed by atoms with van der Waals surface area (Å²) in [5.74, 6) is 0.664. The number of aromatic nitrogens is 2. The van der Waals surface area contributed by atoms with E-state index in [2.05, 4.69) is 20.8 Å². The number of carbonyl (C=O) groups is 1. The number of rotatable bonds is 4. The van der Waals surface area contributed by atoms with Gasteiger partial charge < -0.3 is 15.2 Å². The molecule has 2 heterocycles. The Morgan fingerprint density at radius 2 is 2.00 bits per heavy atom. The van der Waals surface area contributed by atoms with E-state index in [1.807, 2.05) is 0 Å². The van der Waals surface area contributed by atoms with E-state index in [9.17, 15) is 9.18 Å². The molecule has 116 valence electrons. The Morgan fingerprint density at radius 1 is 1.17 bits per heavy atom. The molecule has 0 saturated heterocycles. The molecular weight excluding hydrogens is 299 g/mol. The molecule has 23 heavy (non-hydrogen) atoms. The third-order valence-corrected chi connectivity index (χ3v) is 3.02. The quantitative estimate of drug-likeness (QED) is 0.770. The normalized spacial score (nSPS) is 10.3. The highest BCUT2D eigenvalue weighted by Gasteiger charge is 2.11. The Hall–Kier alpha value is -3.22. The minimum absolute atomic E-state index is 0.0206. The molecule has 0 aliphatic heterocycles. The number of carbonyl (C=O) groups excluding carboxylic acids is 1. The molecule has 2 N–H and O–H groups in total. The Labute approximate surface area is 131 Å². The second-order valence-electron chi connectivity index (χ2n) is 4.81. The first-order valence-corrected chi connectivity index (χ1v) is 6.84. The molecule has 0 atom stereocenters. The van der Waals surface area contributed by atoms with Gasteiger partial charge in [0.1, 0.15) is 17.4 Å². The zero-order valence-electron chi connectivity index (χ0n) is 12.2. The average Bonchev–Trinajstić information content (AvgIpc) is 2.95. The van der Waals surface area contributed by atoms with Gasteiger partial charge in [0, 0.05) is 6.07 Å². The van der Waals surface area contributed by atoms with Crippen molar-refractivity contribution in [2.24, 2.45) is 0 Å². The van der Waals surface area contributed by atoms with Gasteiger partial charge in [0.15, 0.2) is 5.82 Å². The first-order valence-electron chi connectivity index (χ1n) is 6.84. The van der Waals surface area contributed by atoms with Gasteiger partial charge in [-0.2, -0.15) is 0 Å². The molecule has 0 unspecified atom stereocenters. The monoisotopic (exact) mass is 312 g/mol. The zero-order valence-corrected chi connectivity index (χ0v) is 12.2. The number of hydrogen-bond acceptors (Lipinski definition) is 5. The van der Waals surface area contributed by atoms with Crippen molar-refractivity contribution in [3.63, 3.8) is 0 Å². The summed E-state index contributed by atoms with van der Waals surface area (Å²) in [4.78, 5) is 16.1. The van der Waals surface area contributed by atoms with Crippen molar-refractivity contribution >= 4 is 23.2 Å². The van der Waals surface area contributed by atoms with Gasteiger partial charge in [-0.05, 0) is 31.2 Å². The lowest BCUT2D eigenvalue weighted by molar-refractivity contribution is 0.102. The fourth-order valence-corrected chi connectivity index (χ4v) is 1.94. The van der Waals surface area contributed by atoms with Crippen LogP contribution >= 0.6 is 0 Å². The van der Waals surface area contributed by atoms with Crippen molar-refractivity contribution in [2.45, 2.75) is 6.92 Å². The summed E-state index contributed by atoms with van der Waals surface area (Å²) in [5.41, 5.74) is 0.438. The number of pyridine rings is 1. The molecule has 1 aromatic carbocycles. The lowest BCUT2D eigenvalue weighted by atomic mass is 10.2. The second-order valence-corrected chi connectivity index (χ2v) is 4.81. The minimum Gasteiger partial charge on any atom is -0.360 e. The molecule has 0 spiro atoms. The van der Waals surface area contributed by atoms with Crippen LogP contribution in [0, 0.1) is 12.7 Å². The van der Waals surface area contributed by atoms with E-state index in [1.54, 1.807) is 31.2 Å². The van der Waals surface area contributed by atoms with E-state index >= 15 is 0 Å². The number of nitrogens with zero attached hydrogens (tertiary/aromatic N) is 2. The van der Waals surface area contributed by atoms with E-state index in [-0.39, 0.29) is 5.56 Å². The number of amides is 1. The lowest BCUT2D eigenvalue weighted by Gasteiger charge is -2.07. The second kappa shape index (κ2) is 6.27. The highest BCUT2D eigenvalue weighted by Crippen LogP contribution is 2.17. The van der Waals surface area contributed by atoms with Crippen LogP contribution in [-0.2, 0) is 0 Å². The molecular formula is C16H13FN4O2. The van der Waals surface area contributed by atoms with Crippen LogP contribution in [0.3, 0.4) is 0 Å². The van der Waals surface area contributed by atoms with Gasteiger partial charge >= 0.3 is 0 Å². The number of aryl methyl sites for hydroxylation is 1. The van der Waals surface area contributed by atoms with Crippen molar-refractivity contribution in [1.82, 2.24) is 10.1 Å². The average molecular weight is 312 g/mol. The Balaban J connectivity index is 1.68. The molecule has 2 aromatic heterocycles. The molecule has 1 amide bonds. The van der Waals surface area contributed by atoms with E-state index in [1.165, 1.54) is 24.4 Å². The Kier molecular flexibility index (Phi) is 4.01. The van der Waals surface area contributed by atoms with Gasteiger partial charge in [0.25, 0.3) is 5.91 Å². The maximum Gasteiger partial charge on any atom is 0.258 e. The first kappa shape index (κ1) is 14.7. The van der Waals surface area contributed by atoms with Crippen LogP contribution in [0.15, 0.2) is 53.2 Å². The summed E-state index contributed by atoms with van der Waals surface area (Å²) in [5, 5.41) is 9.34. The highest BCUT2D eigenvalue weighted by molar-refractivity contribution is 6.04. The summed E-state index contributed by atoms with van der Waals surface area (Å²) in [6.07, 6.45) is 1.47. The van der Waals surface area contributed by atoms with Gasteiger partial charge in [0.05, 0.1) is 17.4 Å². The highest BCUT2D eigenvalue weighted by atomic mass is 19.1. The standard InChI is InChI=1S/C16H13FN4O2/c1-10-8-15(21-23-10)20-14-7-6-11(9-18-14)19-16(22)12-4-2-3-5-13(12)17/h2-9H,1H3,(H,19,22)(H,18,20,21). The first-order chi connectivity index (χ1) is 11.1. The zero-order chi connectivity index (χ0) is 16.2. The van der Waals surface area contributed by atoms with Crippen LogP contribution in [0.4, 0.5) is 21.7 Å². The van der Waals surface area contributed by atoms with Crippen LogP contribution in [0.5, 0.6) is 0 Å². The van der Waals surface area contributed by atoms with Crippen molar-refractivity contribution in [2.75, 3.05) is 10.6 Å². The predicted molar refractivity (Wildman–Crippen MR) is 83.1 cm³/mol. The van der Waals surface area contributed by atoms with Gasteiger partial charge in [0.2, 0.25) is 0 Å². The SMILES string of the molecule is Cc1cc(Nc2ccc(NC(=O)c3ccccc3F)cn2)no1. The number of hydrogen-bond donors (Lipinski definition) is 2. The lowest BCUT2D eigenvalue weighted by Crippen LogP contribution is -2.13. The van der Waals surface area contributed by atoms with E-state index in [0.29, 0.717) is 23.1 Å². The summed E-state index contributed by atoms with van der Waals surface area (Å²) in [7, 11) is 0. The van der Waals surface area contributed by atoms with Crippen molar-refractivity contribution < 1.29 is 13.7 Å². The number of nitrogens with one attached hydrogen (secondary N) is 2. The van der Waals surface area contributed by atoms with Crippen LogP contribution in [0.1, 0.15) is 16.1 Å². The van der Waals surface area contributed by atoms with Gasteiger partial charge in [-0.3, -0.25) is 4.79 Å². The van der Waals surface area contributed by atoms with Gasteiger partial charge in [-0.15, -0.1) is 0 Å². The molecule has 0 fully saturated rings. The fraction of sp³-hybridized carbons (Fsp3) is 0.0625. The maximum atomic E-state index is 13.5. The van der Waals surface area contributed by atoms with E-state index in [0.717, 1.165) is 0 Å². The van der Waals surface area contributed by atoms with Gasteiger partial charge in [-0.25, -0.2) is 9.37 Å². The Bertz CT molecular complexity index is 830. The molecule has 3 rings (SSSR count). The van der Waals surface area contributed by atoms with Crippen molar-refractivity contribution in [3.8, 4) is 0 Å². The third kappa shape index (κ3) is 3.52.